The molecule has 5 nitrogen and oxygen atoms in total. The van der Waals surface area contributed by atoms with E-state index < -0.39 is 5.54 Å². The Hall–Kier alpha value is -1.43. The van der Waals surface area contributed by atoms with Gasteiger partial charge < -0.3 is 4.90 Å². The van der Waals surface area contributed by atoms with Gasteiger partial charge in [-0.05, 0) is 12.8 Å². The minimum Gasteiger partial charge on any atom is -0.305 e. The summed E-state index contributed by atoms with van der Waals surface area (Å²) in [6.07, 6.45) is 6.50. The number of urea groups is 1. The van der Waals surface area contributed by atoms with E-state index in [1.807, 2.05) is 0 Å². The standard InChI is InChI=1S/C12H15N3O2S/c16-10-12(4-2-1-3-5-12)15(11(17)14-10)7-9-6-13-8-18-9/h6,8H,1-5,7H2,(H,14,16,17). The molecule has 1 aromatic heterocycles. The number of nitrogens with zero attached hydrogens (tertiary/aromatic N) is 2. The number of nitrogens with one attached hydrogen (secondary N) is 1. The zero-order valence-electron chi connectivity index (χ0n) is 10.0. The van der Waals surface area contributed by atoms with E-state index in [-0.39, 0.29) is 11.9 Å². The Labute approximate surface area is 109 Å². The maximum atomic E-state index is 12.1. The molecule has 18 heavy (non-hydrogen) atoms. The first-order valence-corrected chi connectivity index (χ1v) is 7.11. The molecule has 0 unspecified atom stereocenters. The number of carbonyl (C=O) groups excluding carboxylic acids is 2. The molecule has 0 bridgehead atoms. The lowest BCUT2D eigenvalue weighted by molar-refractivity contribution is -0.128. The Balaban J connectivity index is 1.89. The van der Waals surface area contributed by atoms with Crippen LogP contribution in [0.15, 0.2) is 11.7 Å². The molecular formula is C12H15N3O2S. The van der Waals surface area contributed by atoms with E-state index in [1.165, 1.54) is 11.3 Å². The van der Waals surface area contributed by atoms with Crippen molar-refractivity contribution in [3.05, 3.63) is 16.6 Å². The third-order valence-corrected chi connectivity index (χ3v) is 4.65. The molecule has 1 saturated carbocycles. The van der Waals surface area contributed by atoms with Crippen LogP contribution in [0.2, 0.25) is 0 Å². The van der Waals surface area contributed by atoms with Crippen LogP contribution in [0, 0.1) is 0 Å². The van der Waals surface area contributed by atoms with Gasteiger partial charge >= 0.3 is 6.03 Å². The summed E-state index contributed by atoms with van der Waals surface area (Å²) in [5, 5.41) is 2.47. The molecule has 2 aliphatic rings. The highest BCUT2D eigenvalue weighted by atomic mass is 32.1. The maximum absolute atomic E-state index is 12.1. The highest BCUT2D eigenvalue weighted by Crippen LogP contribution is 2.38. The lowest BCUT2D eigenvalue weighted by atomic mass is 9.80. The van der Waals surface area contributed by atoms with Crippen molar-refractivity contribution in [1.82, 2.24) is 15.2 Å². The fourth-order valence-corrected chi connectivity index (χ4v) is 3.51. The molecule has 1 N–H and O–H groups in total. The summed E-state index contributed by atoms with van der Waals surface area (Å²) in [5.41, 5.74) is 1.15. The first-order valence-electron chi connectivity index (χ1n) is 6.23. The number of carbonyl (C=O) groups is 2. The van der Waals surface area contributed by atoms with Crippen molar-refractivity contribution < 1.29 is 9.59 Å². The largest absolute Gasteiger partial charge is 0.325 e. The van der Waals surface area contributed by atoms with Gasteiger partial charge in [0.1, 0.15) is 5.54 Å². The van der Waals surface area contributed by atoms with Crippen molar-refractivity contribution in [1.29, 1.82) is 0 Å². The minimum absolute atomic E-state index is 0.114. The lowest BCUT2D eigenvalue weighted by Gasteiger charge is -2.37. The van der Waals surface area contributed by atoms with Crippen LogP contribution in [-0.2, 0) is 11.3 Å². The van der Waals surface area contributed by atoms with Crippen LogP contribution < -0.4 is 5.32 Å². The second-order valence-corrected chi connectivity index (χ2v) is 5.88. The number of thiazole rings is 1. The molecule has 2 heterocycles. The summed E-state index contributed by atoms with van der Waals surface area (Å²) in [5.74, 6) is -0.114. The molecule has 0 aromatic carbocycles. The number of imide groups is 1. The second-order valence-electron chi connectivity index (χ2n) is 4.91. The number of rotatable bonds is 2. The third kappa shape index (κ3) is 1.71. The Bertz CT molecular complexity index is 466. The monoisotopic (exact) mass is 265 g/mol. The predicted molar refractivity (Wildman–Crippen MR) is 67.0 cm³/mol. The summed E-state index contributed by atoms with van der Waals surface area (Å²) in [7, 11) is 0. The molecule has 1 aliphatic heterocycles. The smallest absolute Gasteiger partial charge is 0.305 e. The van der Waals surface area contributed by atoms with Gasteiger partial charge in [-0.25, -0.2) is 4.79 Å². The van der Waals surface area contributed by atoms with Gasteiger partial charge in [-0.3, -0.25) is 15.1 Å². The molecule has 3 amide bonds. The van der Waals surface area contributed by atoms with Gasteiger partial charge in [0.05, 0.1) is 12.1 Å². The SMILES string of the molecule is O=C1NC(=O)C2(CCCCC2)N1Cc1cncs1. The summed E-state index contributed by atoms with van der Waals surface area (Å²) in [6.45, 7) is 0.488. The molecule has 1 saturated heterocycles. The predicted octanol–water partition coefficient (Wildman–Crippen LogP) is 1.90. The molecular weight excluding hydrogens is 250 g/mol. The van der Waals surface area contributed by atoms with Gasteiger partial charge in [-0.2, -0.15) is 0 Å². The number of amides is 3. The molecule has 6 heteroatoms. The van der Waals surface area contributed by atoms with Gasteiger partial charge in [0, 0.05) is 11.1 Å². The van der Waals surface area contributed by atoms with Crippen molar-refractivity contribution in [2.45, 2.75) is 44.2 Å². The van der Waals surface area contributed by atoms with Crippen LogP contribution in [0.1, 0.15) is 37.0 Å². The molecule has 1 aromatic rings. The summed E-state index contributed by atoms with van der Waals surface area (Å²) in [6, 6.07) is -0.254. The fourth-order valence-electron chi connectivity index (χ4n) is 2.93. The topological polar surface area (TPSA) is 62.3 Å². The Kier molecular flexibility index (Phi) is 2.81. The zero-order valence-corrected chi connectivity index (χ0v) is 10.8. The van der Waals surface area contributed by atoms with Crippen LogP contribution in [0.5, 0.6) is 0 Å². The van der Waals surface area contributed by atoms with Gasteiger partial charge in [-0.15, -0.1) is 11.3 Å². The highest BCUT2D eigenvalue weighted by molar-refractivity contribution is 7.09. The fraction of sp³-hybridized carbons (Fsp3) is 0.583. The van der Waals surface area contributed by atoms with Crippen molar-refractivity contribution in [2.75, 3.05) is 0 Å². The average Bonchev–Trinajstić information content (AvgIpc) is 2.95. The molecule has 3 rings (SSSR count). The average molecular weight is 265 g/mol. The second kappa shape index (κ2) is 4.35. The van der Waals surface area contributed by atoms with Crippen LogP contribution >= 0.6 is 11.3 Å². The van der Waals surface area contributed by atoms with Crippen molar-refractivity contribution in [2.24, 2.45) is 0 Å². The third-order valence-electron chi connectivity index (χ3n) is 3.88. The number of aromatic nitrogens is 1. The summed E-state index contributed by atoms with van der Waals surface area (Å²) in [4.78, 5) is 30.8. The van der Waals surface area contributed by atoms with Crippen molar-refractivity contribution in [3.8, 4) is 0 Å². The van der Waals surface area contributed by atoms with Crippen LogP contribution in [0.25, 0.3) is 0 Å². The number of hydrogen-bond acceptors (Lipinski definition) is 4. The molecule has 0 atom stereocenters. The van der Waals surface area contributed by atoms with E-state index in [9.17, 15) is 9.59 Å². The Morgan fingerprint density at radius 2 is 2.11 bits per heavy atom. The molecule has 2 fully saturated rings. The quantitative estimate of drug-likeness (QED) is 0.831. The van der Waals surface area contributed by atoms with Gasteiger partial charge in [-0.1, -0.05) is 19.3 Å². The maximum Gasteiger partial charge on any atom is 0.325 e. The van der Waals surface area contributed by atoms with Gasteiger partial charge in [0.2, 0.25) is 0 Å². The molecule has 1 aliphatic carbocycles. The first-order chi connectivity index (χ1) is 8.72. The Morgan fingerprint density at radius 1 is 1.33 bits per heavy atom. The minimum atomic E-state index is -0.598. The highest BCUT2D eigenvalue weighted by Gasteiger charge is 2.52. The zero-order chi connectivity index (χ0) is 12.6. The van der Waals surface area contributed by atoms with E-state index in [0.717, 1.165) is 37.0 Å². The summed E-state index contributed by atoms with van der Waals surface area (Å²) < 4.78 is 0. The van der Waals surface area contributed by atoms with Crippen LogP contribution in [0.4, 0.5) is 4.79 Å². The van der Waals surface area contributed by atoms with E-state index in [1.54, 1.807) is 16.6 Å². The van der Waals surface area contributed by atoms with Gasteiger partial charge in [0.15, 0.2) is 0 Å². The lowest BCUT2D eigenvalue weighted by Crippen LogP contribution is -2.50. The van der Waals surface area contributed by atoms with Crippen LogP contribution in [0.3, 0.4) is 0 Å². The van der Waals surface area contributed by atoms with E-state index in [4.69, 9.17) is 0 Å². The first kappa shape index (κ1) is 11.6. The molecule has 96 valence electrons. The van der Waals surface area contributed by atoms with E-state index in [2.05, 4.69) is 10.3 Å². The van der Waals surface area contributed by atoms with E-state index >= 15 is 0 Å². The van der Waals surface area contributed by atoms with E-state index in [0.29, 0.717) is 6.54 Å². The van der Waals surface area contributed by atoms with Crippen molar-refractivity contribution in [3.63, 3.8) is 0 Å². The Morgan fingerprint density at radius 3 is 2.78 bits per heavy atom. The van der Waals surface area contributed by atoms with Gasteiger partial charge in [0.25, 0.3) is 5.91 Å². The normalized spacial score (nSPS) is 22.6. The summed E-state index contributed by atoms with van der Waals surface area (Å²) >= 11 is 1.52. The molecule has 1 spiro atoms. The van der Waals surface area contributed by atoms with Crippen LogP contribution in [-0.4, -0.2) is 27.4 Å². The number of hydrogen-bond donors (Lipinski definition) is 1. The van der Waals surface area contributed by atoms with Crippen molar-refractivity contribution >= 4 is 23.3 Å². The molecule has 0 radical (unpaired) electrons.